The third kappa shape index (κ3) is 2.42. The Balaban J connectivity index is 3.77. The highest BCUT2D eigenvalue weighted by atomic mass is 16.3. The van der Waals surface area contributed by atoms with Crippen molar-refractivity contribution in [3.63, 3.8) is 0 Å². The standard InChI is InChI=1S/C7H11O2/c1-3-6(5-8)7(9)4-2/h3,6-7,9H,1,4H2,2H3/t6-,7-/m1/s1. The summed E-state index contributed by atoms with van der Waals surface area (Å²) in [5, 5.41) is 8.98. The first-order chi connectivity index (χ1) is 4.26. The molecule has 0 aliphatic rings. The van der Waals surface area contributed by atoms with Gasteiger partial charge in [0, 0.05) is 0 Å². The summed E-state index contributed by atoms with van der Waals surface area (Å²) in [4.78, 5) is 9.98. The quantitative estimate of drug-likeness (QED) is 0.563. The molecule has 0 rings (SSSR count). The molecule has 2 nitrogen and oxygen atoms in total. The average molecular weight is 127 g/mol. The van der Waals surface area contributed by atoms with Gasteiger partial charge in [0.15, 0.2) is 0 Å². The molecule has 51 valence electrons. The largest absolute Gasteiger partial charge is 0.392 e. The maximum atomic E-state index is 9.98. The van der Waals surface area contributed by atoms with Gasteiger partial charge in [-0.3, -0.25) is 4.79 Å². The SMILES string of the molecule is C=C[C@H]([C]=O)[C@H](O)CC. The molecule has 0 saturated carbocycles. The first kappa shape index (κ1) is 8.37. The van der Waals surface area contributed by atoms with Crippen LogP contribution in [0.25, 0.3) is 0 Å². The minimum Gasteiger partial charge on any atom is -0.392 e. The third-order valence-corrected chi connectivity index (χ3v) is 1.22. The second-order valence-electron chi connectivity index (χ2n) is 1.85. The number of aliphatic hydroxyl groups excluding tert-OH is 1. The van der Waals surface area contributed by atoms with Crippen molar-refractivity contribution in [2.75, 3.05) is 0 Å². The molecule has 0 saturated heterocycles. The molecule has 0 unspecified atom stereocenters. The van der Waals surface area contributed by atoms with Crippen molar-refractivity contribution in [1.82, 2.24) is 0 Å². The molecule has 0 aromatic rings. The van der Waals surface area contributed by atoms with Crippen LogP contribution in [-0.4, -0.2) is 17.5 Å². The number of aliphatic hydroxyl groups is 1. The van der Waals surface area contributed by atoms with Crippen LogP contribution in [0, 0.1) is 5.92 Å². The van der Waals surface area contributed by atoms with Gasteiger partial charge in [-0.05, 0) is 6.42 Å². The number of carbonyl (C=O) groups excluding carboxylic acids is 1. The Labute approximate surface area is 55.2 Å². The summed E-state index contributed by atoms with van der Waals surface area (Å²) in [7, 11) is 0. The van der Waals surface area contributed by atoms with E-state index in [4.69, 9.17) is 5.11 Å². The Kier molecular flexibility index (Phi) is 3.97. The average Bonchev–Trinajstić information content (AvgIpc) is 1.90. The van der Waals surface area contributed by atoms with E-state index in [2.05, 4.69) is 6.58 Å². The van der Waals surface area contributed by atoms with Gasteiger partial charge in [0.25, 0.3) is 0 Å². The van der Waals surface area contributed by atoms with Crippen molar-refractivity contribution < 1.29 is 9.90 Å². The molecule has 2 heteroatoms. The zero-order valence-electron chi connectivity index (χ0n) is 5.50. The molecule has 9 heavy (non-hydrogen) atoms. The van der Waals surface area contributed by atoms with E-state index >= 15 is 0 Å². The summed E-state index contributed by atoms with van der Waals surface area (Å²) in [6, 6.07) is 0. The van der Waals surface area contributed by atoms with Gasteiger partial charge in [0.05, 0.1) is 12.0 Å². The molecule has 1 N–H and O–H groups in total. The van der Waals surface area contributed by atoms with E-state index in [0.717, 1.165) is 0 Å². The fourth-order valence-corrected chi connectivity index (χ4v) is 0.538. The molecule has 0 fully saturated rings. The highest BCUT2D eigenvalue weighted by Gasteiger charge is 2.12. The van der Waals surface area contributed by atoms with E-state index in [0.29, 0.717) is 6.42 Å². The smallest absolute Gasteiger partial charge is 0.208 e. The molecular weight excluding hydrogens is 116 g/mol. The zero-order chi connectivity index (χ0) is 7.28. The first-order valence-electron chi connectivity index (χ1n) is 2.94. The van der Waals surface area contributed by atoms with Gasteiger partial charge >= 0.3 is 0 Å². The van der Waals surface area contributed by atoms with Crippen LogP contribution in [0.15, 0.2) is 12.7 Å². The molecule has 0 bridgehead atoms. The lowest BCUT2D eigenvalue weighted by Gasteiger charge is -2.08. The maximum Gasteiger partial charge on any atom is 0.208 e. The molecule has 0 aliphatic heterocycles. The monoisotopic (exact) mass is 127 g/mol. The van der Waals surface area contributed by atoms with Crippen molar-refractivity contribution in [2.45, 2.75) is 19.4 Å². The van der Waals surface area contributed by atoms with E-state index in [1.807, 2.05) is 0 Å². The van der Waals surface area contributed by atoms with Crippen molar-refractivity contribution in [3.8, 4) is 0 Å². The summed E-state index contributed by atoms with van der Waals surface area (Å²) in [5.74, 6) is -0.519. The van der Waals surface area contributed by atoms with Crippen LogP contribution < -0.4 is 0 Å². The topological polar surface area (TPSA) is 37.3 Å². The van der Waals surface area contributed by atoms with Gasteiger partial charge in [-0.1, -0.05) is 13.0 Å². The van der Waals surface area contributed by atoms with Crippen molar-refractivity contribution >= 4 is 6.29 Å². The van der Waals surface area contributed by atoms with E-state index in [9.17, 15) is 4.79 Å². The molecule has 0 amide bonds. The van der Waals surface area contributed by atoms with E-state index in [1.54, 1.807) is 13.2 Å². The summed E-state index contributed by atoms with van der Waals surface area (Å²) >= 11 is 0. The van der Waals surface area contributed by atoms with Gasteiger partial charge in [-0.15, -0.1) is 6.58 Å². The lowest BCUT2D eigenvalue weighted by molar-refractivity contribution is 0.150. The summed E-state index contributed by atoms with van der Waals surface area (Å²) in [6.45, 7) is 5.18. The summed E-state index contributed by atoms with van der Waals surface area (Å²) < 4.78 is 0. The Morgan fingerprint density at radius 3 is 2.56 bits per heavy atom. The summed E-state index contributed by atoms with van der Waals surface area (Å²) in [6.07, 6.45) is 3.04. The normalized spacial score (nSPS) is 16.2. The van der Waals surface area contributed by atoms with Crippen LogP contribution in [-0.2, 0) is 4.79 Å². The van der Waals surface area contributed by atoms with Crippen molar-refractivity contribution in [2.24, 2.45) is 5.92 Å². The van der Waals surface area contributed by atoms with E-state index in [1.165, 1.54) is 6.08 Å². The fraction of sp³-hybridized carbons (Fsp3) is 0.571. The first-order valence-corrected chi connectivity index (χ1v) is 2.94. The van der Waals surface area contributed by atoms with Crippen LogP contribution in [0.3, 0.4) is 0 Å². The highest BCUT2D eigenvalue weighted by Crippen LogP contribution is 2.04. The highest BCUT2D eigenvalue weighted by molar-refractivity contribution is 5.58. The molecule has 0 heterocycles. The predicted molar refractivity (Wildman–Crippen MR) is 35.7 cm³/mol. The fourth-order valence-electron chi connectivity index (χ4n) is 0.538. The minimum atomic E-state index is -0.611. The molecule has 1 radical (unpaired) electrons. The molecule has 0 spiro atoms. The molecule has 0 aromatic heterocycles. The second-order valence-corrected chi connectivity index (χ2v) is 1.85. The van der Waals surface area contributed by atoms with Crippen LogP contribution in [0.2, 0.25) is 0 Å². The van der Waals surface area contributed by atoms with Crippen molar-refractivity contribution in [1.29, 1.82) is 0 Å². The van der Waals surface area contributed by atoms with Crippen LogP contribution in [0.5, 0.6) is 0 Å². The lowest BCUT2D eigenvalue weighted by Crippen LogP contribution is -2.17. The van der Waals surface area contributed by atoms with E-state index < -0.39 is 12.0 Å². The second kappa shape index (κ2) is 4.27. The number of rotatable bonds is 4. The third-order valence-electron chi connectivity index (χ3n) is 1.22. The van der Waals surface area contributed by atoms with Gasteiger partial charge in [0.2, 0.25) is 6.29 Å². The predicted octanol–water partition coefficient (Wildman–Crippen LogP) is 0.669. The van der Waals surface area contributed by atoms with Crippen LogP contribution in [0.1, 0.15) is 13.3 Å². The number of hydrogen-bond acceptors (Lipinski definition) is 2. The lowest BCUT2D eigenvalue weighted by atomic mass is 10.0. The van der Waals surface area contributed by atoms with Gasteiger partial charge in [-0.25, -0.2) is 0 Å². The Bertz CT molecular complexity index is 91.1. The summed E-state index contributed by atoms with van der Waals surface area (Å²) in [5.41, 5.74) is 0. The molecule has 0 aromatic carbocycles. The zero-order valence-corrected chi connectivity index (χ0v) is 5.50. The number of hydrogen-bond donors (Lipinski definition) is 1. The maximum absolute atomic E-state index is 9.98. The van der Waals surface area contributed by atoms with Gasteiger partial charge < -0.3 is 5.11 Å². The molecular formula is C7H11O2. The van der Waals surface area contributed by atoms with Gasteiger partial charge in [-0.2, -0.15) is 0 Å². The van der Waals surface area contributed by atoms with Crippen LogP contribution in [0.4, 0.5) is 0 Å². The Morgan fingerprint density at radius 1 is 1.89 bits per heavy atom. The van der Waals surface area contributed by atoms with Crippen molar-refractivity contribution in [3.05, 3.63) is 12.7 Å². The molecule has 2 atom stereocenters. The molecule has 0 aliphatic carbocycles. The van der Waals surface area contributed by atoms with Crippen LogP contribution >= 0.6 is 0 Å². The minimum absolute atomic E-state index is 0.519. The van der Waals surface area contributed by atoms with Gasteiger partial charge in [0.1, 0.15) is 0 Å². The Hall–Kier alpha value is -0.630. The Morgan fingerprint density at radius 2 is 2.44 bits per heavy atom. The van der Waals surface area contributed by atoms with E-state index in [-0.39, 0.29) is 0 Å².